The van der Waals surface area contributed by atoms with Crippen LogP contribution in [0, 0.1) is 0 Å². The summed E-state index contributed by atoms with van der Waals surface area (Å²) in [5.74, 6) is 0.733. The van der Waals surface area contributed by atoms with Gasteiger partial charge in [-0.2, -0.15) is 0 Å². The van der Waals surface area contributed by atoms with Gasteiger partial charge in [-0.05, 0) is 33.0 Å². The fourth-order valence-electron chi connectivity index (χ4n) is 1.45. The zero-order valence-corrected chi connectivity index (χ0v) is 9.90. The van der Waals surface area contributed by atoms with Gasteiger partial charge >= 0.3 is 0 Å². The van der Waals surface area contributed by atoms with Crippen LogP contribution in [0.4, 0.5) is 5.69 Å². The summed E-state index contributed by atoms with van der Waals surface area (Å²) in [6.07, 6.45) is 0. The molecule has 1 aromatic heterocycles. The van der Waals surface area contributed by atoms with Crippen LogP contribution in [0.2, 0.25) is 0 Å². The normalized spacial score (nSPS) is 11.8. The number of hydrogen-bond donors (Lipinski definition) is 1. The van der Waals surface area contributed by atoms with Gasteiger partial charge in [0.2, 0.25) is 5.89 Å². The van der Waals surface area contributed by atoms with Crippen molar-refractivity contribution in [3.63, 3.8) is 0 Å². The van der Waals surface area contributed by atoms with Crippen LogP contribution in [-0.2, 0) is 6.54 Å². The van der Waals surface area contributed by atoms with Crippen molar-refractivity contribution in [1.29, 1.82) is 0 Å². The van der Waals surface area contributed by atoms with Crippen LogP contribution in [0.1, 0.15) is 19.7 Å². The first kappa shape index (κ1) is 11.0. The average Bonchev–Trinajstić information content (AvgIpc) is 2.58. The Morgan fingerprint density at radius 1 is 1.44 bits per heavy atom. The van der Waals surface area contributed by atoms with Gasteiger partial charge in [0, 0.05) is 17.8 Å². The molecule has 2 aromatic rings. The summed E-state index contributed by atoms with van der Waals surface area (Å²) in [5.41, 5.74) is 8.00. The van der Waals surface area contributed by atoms with Crippen molar-refractivity contribution in [3.05, 3.63) is 24.1 Å². The number of hydrogen-bond acceptors (Lipinski definition) is 4. The highest BCUT2D eigenvalue weighted by atomic mass is 16.3. The van der Waals surface area contributed by atoms with Gasteiger partial charge in [-0.1, -0.05) is 0 Å². The van der Waals surface area contributed by atoms with E-state index in [1.54, 1.807) is 6.07 Å². The SMILES string of the molecule is CC(C)N(C)Cc1nc2ccc(N)cc2o1. The molecule has 0 atom stereocenters. The molecule has 0 bridgehead atoms. The highest BCUT2D eigenvalue weighted by Crippen LogP contribution is 2.19. The van der Waals surface area contributed by atoms with E-state index in [0.29, 0.717) is 18.3 Å². The largest absolute Gasteiger partial charge is 0.439 e. The highest BCUT2D eigenvalue weighted by molar-refractivity contribution is 5.76. The molecule has 0 aliphatic heterocycles. The molecule has 0 aliphatic carbocycles. The third-order valence-electron chi connectivity index (χ3n) is 2.72. The second-order valence-corrected chi connectivity index (χ2v) is 4.34. The van der Waals surface area contributed by atoms with Crippen LogP contribution in [0.15, 0.2) is 22.6 Å². The first-order valence-electron chi connectivity index (χ1n) is 5.41. The molecule has 4 nitrogen and oxygen atoms in total. The van der Waals surface area contributed by atoms with Crippen molar-refractivity contribution in [2.24, 2.45) is 0 Å². The smallest absolute Gasteiger partial charge is 0.209 e. The number of benzene rings is 1. The molecule has 0 radical (unpaired) electrons. The molecular formula is C12H17N3O. The van der Waals surface area contributed by atoms with Gasteiger partial charge in [0.25, 0.3) is 0 Å². The molecule has 1 heterocycles. The van der Waals surface area contributed by atoms with Crippen LogP contribution in [-0.4, -0.2) is 23.0 Å². The van der Waals surface area contributed by atoms with Crippen molar-refractivity contribution in [1.82, 2.24) is 9.88 Å². The highest BCUT2D eigenvalue weighted by Gasteiger charge is 2.10. The fourth-order valence-corrected chi connectivity index (χ4v) is 1.45. The average molecular weight is 219 g/mol. The molecule has 0 amide bonds. The quantitative estimate of drug-likeness (QED) is 0.804. The van der Waals surface area contributed by atoms with Crippen LogP contribution in [0.3, 0.4) is 0 Å². The minimum Gasteiger partial charge on any atom is -0.439 e. The summed E-state index contributed by atoms with van der Waals surface area (Å²) in [6, 6.07) is 6.00. The van der Waals surface area contributed by atoms with Crippen molar-refractivity contribution < 1.29 is 4.42 Å². The standard InChI is InChI=1S/C12H17N3O/c1-8(2)15(3)7-12-14-10-5-4-9(13)6-11(10)16-12/h4-6,8H,7,13H2,1-3H3. The van der Waals surface area contributed by atoms with E-state index in [1.165, 1.54) is 0 Å². The van der Waals surface area contributed by atoms with Crippen LogP contribution < -0.4 is 5.73 Å². The van der Waals surface area contributed by atoms with Crippen LogP contribution in [0.5, 0.6) is 0 Å². The molecule has 0 spiro atoms. The molecule has 2 N–H and O–H groups in total. The van der Waals surface area contributed by atoms with Crippen molar-refractivity contribution in [3.8, 4) is 0 Å². The van der Waals surface area contributed by atoms with E-state index < -0.39 is 0 Å². The molecule has 0 saturated carbocycles. The summed E-state index contributed by atoms with van der Waals surface area (Å²) in [4.78, 5) is 6.59. The van der Waals surface area contributed by atoms with Crippen LogP contribution in [0.25, 0.3) is 11.1 Å². The number of rotatable bonds is 3. The van der Waals surface area contributed by atoms with E-state index in [1.807, 2.05) is 19.2 Å². The Bertz CT molecular complexity index is 490. The maximum atomic E-state index is 5.68. The number of nitrogens with zero attached hydrogens (tertiary/aromatic N) is 2. The Hall–Kier alpha value is -1.55. The molecule has 2 rings (SSSR count). The fraction of sp³-hybridized carbons (Fsp3) is 0.417. The topological polar surface area (TPSA) is 55.3 Å². The maximum absolute atomic E-state index is 5.68. The molecule has 4 heteroatoms. The van der Waals surface area contributed by atoms with E-state index in [-0.39, 0.29) is 0 Å². The molecule has 0 aliphatic rings. The molecule has 16 heavy (non-hydrogen) atoms. The Kier molecular flexibility index (Phi) is 2.83. The summed E-state index contributed by atoms with van der Waals surface area (Å²) in [5, 5.41) is 0. The van der Waals surface area contributed by atoms with Gasteiger partial charge in [-0.25, -0.2) is 4.98 Å². The second kappa shape index (κ2) is 4.14. The van der Waals surface area contributed by atoms with Gasteiger partial charge in [0.05, 0.1) is 6.54 Å². The Labute approximate surface area is 95.1 Å². The predicted molar refractivity (Wildman–Crippen MR) is 65.0 cm³/mol. The first-order valence-corrected chi connectivity index (χ1v) is 5.41. The van der Waals surface area contributed by atoms with E-state index in [0.717, 1.165) is 17.0 Å². The van der Waals surface area contributed by atoms with E-state index in [2.05, 4.69) is 23.7 Å². The van der Waals surface area contributed by atoms with Crippen molar-refractivity contribution >= 4 is 16.8 Å². The van der Waals surface area contributed by atoms with Gasteiger partial charge in [0.1, 0.15) is 5.52 Å². The Balaban J connectivity index is 2.26. The Morgan fingerprint density at radius 2 is 2.19 bits per heavy atom. The lowest BCUT2D eigenvalue weighted by Gasteiger charge is -2.18. The predicted octanol–water partition coefficient (Wildman–Crippen LogP) is 2.25. The third kappa shape index (κ3) is 2.17. The summed E-state index contributed by atoms with van der Waals surface area (Å²) >= 11 is 0. The number of nitrogen functional groups attached to an aromatic ring is 1. The monoisotopic (exact) mass is 219 g/mol. The van der Waals surface area contributed by atoms with Gasteiger partial charge < -0.3 is 10.2 Å². The first-order chi connectivity index (χ1) is 7.56. The summed E-state index contributed by atoms with van der Waals surface area (Å²) < 4.78 is 5.64. The number of oxazole rings is 1. The lowest BCUT2D eigenvalue weighted by atomic mass is 10.3. The van der Waals surface area contributed by atoms with E-state index in [4.69, 9.17) is 10.2 Å². The minimum atomic E-state index is 0.472. The number of anilines is 1. The minimum absolute atomic E-state index is 0.472. The summed E-state index contributed by atoms with van der Waals surface area (Å²) in [7, 11) is 2.05. The molecule has 0 fully saturated rings. The zero-order chi connectivity index (χ0) is 11.7. The third-order valence-corrected chi connectivity index (χ3v) is 2.72. The summed E-state index contributed by atoms with van der Waals surface area (Å²) in [6.45, 7) is 4.99. The molecule has 0 saturated heterocycles. The Morgan fingerprint density at radius 3 is 2.88 bits per heavy atom. The van der Waals surface area contributed by atoms with Gasteiger partial charge in [-0.3, -0.25) is 4.90 Å². The van der Waals surface area contributed by atoms with Crippen LogP contribution >= 0.6 is 0 Å². The lowest BCUT2D eigenvalue weighted by Crippen LogP contribution is -2.25. The van der Waals surface area contributed by atoms with E-state index in [9.17, 15) is 0 Å². The van der Waals surface area contributed by atoms with E-state index >= 15 is 0 Å². The molecular weight excluding hydrogens is 202 g/mol. The molecule has 0 unspecified atom stereocenters. The van der Waals surface area contributed by atoms with Crippen molar-refractivity contribution in [2.75, 3.05) is 12.8 Å². The zero-order valence-electron chi connectivity index (χ0n) is 9.90. The number of nitrogens with two attached hydrogens (primary N) is 1. The van der Waals surface area contributed by atoms with Crippen molar-refractivity contribution in [2.45, 2.75) is 26.4 Å². The maximum Gasteiger partial charge on any atom is 0.209 e. The number of fused-ring (bicyclic) bond motifs is 1. The molecule has 1 aromatic carbocycles. The second-order valence-electron chi connectivity index (χ2n) is 4.34. The van der Waals surface area contributed by atoms with Gasteiger partial charge in [-0.15, -0.1) is 0 Å². The number of aromatic nitrogens is 1. The lowest BCUT2D eigenvalue weighted by molar-refractivity contribution is 0.241. The molecule has 86 valence electrons. The van der Waals surface area contributed by atoms with Gasteiger partial charge in [0.15, 0.2) is 5.58 Å².